The third kappa shape index (κ3) is 3.74. The van der Waals surface area contributed by atoms with Gasteiger partial charge >= 0.3 is 0 Å². The number of ether oxygens (including phenoxy) is 2. The average molecular weight is 349 g/mol. The predicted molar refractivity (Wildman–Crippen MR) is 90.0 cm³/mol. The second-order valence-corrected chi connectivity index (χ2v) is 5.57. The first kappa shape index (κ1) is 16.5. The molecule has 2 heterocycles. The number of anilines is 2. The van der Waals surface area contributed by atoms with Crippen molar-refractivity contribution in [3.63, 3.8) is 0 Å². The van der Waals surface area contributed by atoms with E-state index in [0.717, 1.165) is 5.69 Å². The topological polar surface area (TPSA) is 76.6 Å². The van der Waals surface area contributed by atoms with Crippen molar-refractivity contribution < 1.29 is 14.3 Å². The van der Waals surface area contributed by atoms with E-state index in [0.29, 0.717) is 48.6 Å². The van der Waals surface area contributed by atoms with E-state index >= 15 is 0 Å². The molecule has 1 aliphatic heterocycles. The van der Waals surface area contributed by atoms with E-state index in [9.17, 15) is 4.79 Å². The van der Waals surface area contributed by atoms with Crippen molar-refractivity contribution in [2.24, 2.45) is 0 Å². The van der Waals surface area contributed by atoms with Crippen LogP contribution in [0.5, 0.6) is 5.75 Å². The van der Waals surface area contributed by atoms with Gasteiger partial charge in [0, 0.05) is 18.8 Å². The van der Waals surface area contributed by atoms with Gasteiger partial charge in [0.25, 0.3) is 5.91 Å². The Morgan fingerprint density at radius 1 is 1.29 bits per heavy atom. The van der Waals surface area contributed by atoms with Crippen LogP contribution in [0.25, 0.3) is 0 Å². The highest BCUT2D eigenvalue weighted by molar-refractivity contribution is 6.32. The smallest absolute Gasteiger partial charge is 0.274 e. The molecule has 0 aliphatic carbocycles. The largest absolute Gasteiger partial charge is 0.495 e. The number of nitrogens with zero attached hydrogens (tertiary/aromatic N) is 3. The van der Waals surface area contributed by atoms with Crippen LogP contribution in [0.2, 0.25) is 5.02 Å². The summed E-state index contributed by atoms with van der Waals surface area (Å²) in [7, 11) is 1.56. The molecule has 0 saturated carbocycles. The number of hydrogen-bond donors (Lipinski definition) is 1. The Morgan fingerprint density at radius 3 is 2.71 bits per heavy atom. The fraction of sp³-hybridized carbons (Fsp3) is 0.312. The number of nitrogens with one attached hydrogen (secondary N) is 1. The molecule has 1 aromatic heterocycles. The Kier molecular flexibility index (Phi) is 5.12. The summed E-state index contributed by atoms with van der Waals surface area (Å²) >= 11 is 6.09. The van der Waals surface area contributed by atoms with Crippen molar-refractivity contribution in [1.29, 1.82) is 0 Å². The van der Waals surface area contributed by atoms with Crippen molar-refractivity contribution in [2.45, 2.75) is 0 Å². The van der Waals surface area contributed by atoms with Crippen LogP contribution in [0.15, 0.2) is 30.6 Å². The first-order valence-electron chi connectivity index (χ1n) is 7.47. The molecule has 0 atom stereocenters. The van der Waals surface area contributed by atoms with Crippen molar-refractivity contribution in [3.05, 3.63) is 41.3 Å². The third-order valence-corrected chi connectivity index (χ3v) is 3.89. The van der Waals surface area contributed by atoms with Crippen LogP contribution in [-0.4, -0.2) is 54.2 Å². The second kappa shape index (κ2) is 7.46. The normalized spacial score (nSPS) is 14.3. The molecule has 2 aromatic rings. The van der Waals surface area contributed by atoms with Gasteiger partial charge in [0.05, 0.1) is 37.7 Å². The second-order valence-electron chi connectivity index (χ2n) is 5.17. The lowest BCUT2D eigenvalue weighted by Gasteiger charge is -2.26. The highest BCUT2D eigenvalue weighted by Crippen LogP contribution is 2.28. The standard InChI is InChI=1S/C16H17ClN4O3/c1-23-14-3-2-11(8-12(14)17)20-15-10-18-13(9-19-15)16(22)21-4-6-24-7-5-21/h2-3,8-10H,4-7H2,1H3,(H,19,20). The van der Waals surface area contributed by atoms with Crippen molar-refractivity contribution in [2.75, 3.05) is 38.7 Å². The molecule has 1 aromatic carbocycles. The molecule has 3 rings (SSSR count). The minimum Gasteiger partial charge on any atom is -0.495 e. The first-order chi connectivity index (χ1) is 11.7. The Labute approximate surface area is 144 Å². The van der Waals surface area contributed by atoms with E-state index < -0.39 is 0 Å². The molecular weight excluding hydrogens is 332 g/mol. The quantitative estimate of drug-likeness (QED) is 0.914. The number of halogens is 1. The highest BCUT2D eigenvalue weighted by Gasteiger charge is 2.19. The van der Waals surface area contributed by atoms with Gasteiger partial charge in [0.2, 0.25) is 0 Å². The zero-order valence-corrected chi connectivity index (χ0v) is 13.9. The van der Waals surface area contributed by atoms with Crippen LogP contribution in [0.4, 0.5) is 11.5 Å². The summed E-state index contributed by atoms with van der Waals surface area (Å²) in [5.74, 6) is 0.986. The lowest BCUT2D eigenvalue weighted by molar-refractivity contribution is 0.0298. The van der Waals surface area contributed by atoms with Gasteiger partial charge < -0.3 is 19.7 Å². The SMILES string of the molecule is COc1ccc(Nc2cnc(C(=O)N3CCOCC3)cn2)cc1Cl. The Bertz CT molecular complexity index is 718. The number of carbonyl (C=O) groups is 1. The van der Waals surface area contributed by atoms with Gasteiger partial charge in [-0.25, -0.2) is 9.97 Å². The van der Waals surface area contributed by atoms with Gasteiger partial charge in [-0.2, -0.15) is 0 Å². The van der Waals surface area contributed by atoms with Gasteiger partial charge in [-0.05, 0) is 18.2 Å². The van der Waals surface area contributed by atoms with Crippen LogP contribution in [-0.2, 0) is 4.74 Å². The lowest BCUT2D eigenvalue weighted by Crippen LogP contribution is -2.41. The van der Waals surface area contributed by atoms with Gasteiger partial charge in [-0.15, -0.1) is 0 Å². The number of aromatic nitrogens is 2. The van der Waals surface area contributed by atoms with Crippen molar-refractivity contribution in [1.82, 2.24) is 14.9 Å². The fourth-order valence-electron chi connectivity index (χ4n) is 2.32. The number of rotatable bonds is 4. The zero-order chi connectivity index (χ0) is 16.9. The van der Waals surface area contributed by atoms with E-state index in [1.807, 2.05) is 6.07 Å². The lowest BCUT2D eigenvalue weighted by atomic mass is 10.3. The van der Waals surface area contributed by atoms with E-state index in [1.165, 1.54) is 12.4 Å². The van der Waals surface area contributed by atoms with Crippen molar-refractivity contribution >= 4 is 29.0 Å². The molecule has 7 nitrogen and oxygen atoms in total. The maximum absolute atomic E-state index is 12.3. The summed E-state index contributed by atoms with van der Waals surface area (Å²) in [5, 5.41) is 3.58. The minimum atomic E-state index is -0.134. The van der Waals surface area contributed by atoms with E-state index in [1.54, 1.807) is 24.1 Å². The molecule has 1 aliphatic rings. The van der Waals surface area contributed by atoms with Gasteiger partial charge in [-0.1, -0.05) is 11.6 Å². The van der Waals surface area contributed by atoms with E-state index in [4.69, 9.17) is 21.1 Å². The van der Waals surface area contributed by atoms with Gasteiger partial charge in [-0.3, -0.25) is 4.79 Å². The number of morpholine rings is 1. The molecule has 0 spiro atoms. The van der Waals surface area contributed by atoms with Crippen LogP contribution < -0.4 is 10.1 Å². The number of carbonyl (C=O) groups excluding carboxylic acids is 1. The molecular formula is C16H17ClN4O3. The van der Waals surface area contributed by atoms with Crippen molar-refractivity contribution in [3.8, 4) is 5.75 Å². The molecule has 0 radical (unpaired) electrons. The minimum absolute atomic E-state index is 0.134. The van der Waals surface area contributed by atoms with E-state index in [-0.39, 0.29) is 5.91 Å². The predicted octanol–water partition coefficient (Wildman–Crippen LogP) is 2.35. The first-order valence-corrected chi connectivity index (χ1v) is 7.85. The summed E-state index contributed by atoms with van der Waals surface area (Å²) in [4.78, 5) is 22.4. The van der Waals surface area contributed by atoms with Crippen LogP contribution in [0.3, 0.4) is 0 Å². The number of methoxy groups -OCH3 is 1. The fourth-order valence-corrected chi connectivity index (χ4v) is 2.58. The maximum Gasteiger partial charge on any atom is 0.274 e. The summed E-state index contributed by atoms with van der Waals surface area (Å²) < 4.78 is 10.3. The van der Waals surface area contributed by atoms with Gasteiger partial charge in [0.15, 0.2) is 0 Å². The summed E-state index contributed by atoms with van der Waals surface area (Å²) in [6.07, 6.45) is 2.98. The Hall–Kier alpha value is -2.38. The Morgan fingerprint density at radius 2 is 2.08 bits per heavy atom. The molecule has 1 N–H and O–H groups in total. The van der Waals surface area contributed by atoms with Crippen LogP contribution in [0.1, 0.15) is 10.5 Å². The van der Waals surface area contributed by atoms with E-state index in [2.05, 4.69) is 15.3 Å². The van der Waals surface area contributed by atoms with Crippen LogP contribution in [0, 0.1) is 0 Å². The number of benzene rings is 1. The maximum atomic E-state index is 12.3. The van der Waals surface area contributed by atoms with Crippen LogP contribution >= 0.6 is 11.6 Å². The third-order valence-electron chi connectivity index (χ3n) is 3.59. The monoisotopic (exact) mass is 348 g/mol. The molecule has 1 saturated heterocycles. The molecule has 0 unspecified atom stereocenters. The molecule has 1 amide bonds. The zero-order valence-electron chi connectivity index (χ0n) is 13.2. The average Bonchev–Trinajstić information content (AvgIpc) is 2.63. The molecule has 24 heavy (non-hydrogen) atoms. The summed E-state index contributed by atoms with van der Waals surface area (Å²) in [5.41, 5.74) is 1.07. The van der Waals surface area contributed by atoms with Gasteiger partial charge in [0.1, 0.15) is 17.3 Å². The highest BCUT2D eigenvalue weighted by atomic mass is 35.5. The summed E-state index contributed by atoms with van der Waals surface area (Å²) in [6.45, 7) is 2.25. The summed E-state index contributed by atoms with van der Waals surface area (Å²) in [6, 6.07) is 5.31. The Balaban J connectivity index is 1.68. The number of hydrogen-bond acceptors (Lipinski definition) is 6. The molecule has 126 valence electrons. The molecule has 1 fully saturated rings. The number of amides is 1. The molecule has 0 bridgehead atoms. The molecule has 8 heteroatoms.